The van der Waals surface area contributed by atoms with Crippen molar-refractivity contribution in [2.24, 2.45) is 0 Å². The monoisotopic (exact) mass is 309 g/mol. The van der Waals surface area contributed by atoms with Crippen molar-refractivity contribution in [1.29, 1.82) is 0 Å². The lowest BCUT2D eigenvalue weighted by molar-refractivity contribution is -0.111. The number of carbonyl (C=O) groups is 1. The number of hydrogen-bond donors (Lipinski definition) is 1. The summed E-state index contributed by atoms with van der Waals surface area (Å²) in [5.41, 5.74) is 3.05. The predicted octanol–water partition coefficient (Wildman–Crippen LogP) is 4.64. The molecule has 0 aliphatic rings. The van der Waals surface area contributed by atoms with Gasteiger partial charge in [0.15, 0.2) is 0 Å². The highest BCUT2D eigenvalue weighted by atomic mass is 16.5. The molecule has 2 aromatic carbocycles. The highest BCUT2D eigenvalue weighted by molar-refractivity contribution is 6.01. The molecule has 2 aromatic rings. The normalized spacial score (nSPS) is 11.5. The first-order valence-corrected chi connectivity index (χ1v) is 7.62. The van der Waals surface area contributed by atoms with Crippen molar-refractivity contribution in [1.82, 2.24) is 0 Å². The first-order chi connectivity index (χ1) is 10.9. The summed E-state index contributed by atoms with van der Waals surface area (Å²) in [6.07, 6.45) is 3.29. The fraction of sp³-hybridized carbons (Fsp3) is 0.250. The number of anilines is 1. The van der Waals surface area contributed by atoms with Crippen LogP contribution < -0.4 is 10.1 Å². The van der Waals surface area contributed by atoms with Crippen LogP contribution in [0.15, 0.2) is 54.6 Å². The summed E-state index contributed by atoms with van der Waals surface area (Å²) in [6, 6.07) is 15.5. The highest BCUT2D eigenvalue weighted by Crippen LogP contribution is 2.23. The maximum Gasteiger partial charge on any atom is 0.248 e. The zero-order chi connectivity index (χ0) is 16.9. The second-order valence-electron chi connectivity index (χ2n) is 6.43. The van der Waals surface area contributed by atoms with E-state index in [0.29, 0.717) is 0 Å². The molecule has 0 spiro atoms. The fourth-order valence-electron chi connectivity index (χ4n) is 2.15. The van der Waals surface area contributed by atoms with Crippen LogP contribution in [0, 0.1) is 0 Å². The van der Waals surface area contributed by atoms with Gasteiger partial charge in [-0.2, -0.15) is 0 Å². The van der Waals surface area contributed by atoms with Gasteiger partial charge in [-0.15, -0.1) is 0 Å². The van der Waals surface area contributed by atoms with E-state index in [2.05, 4.69) is 26.1 Å². The first kappa shape index (κ1) is 16.8. The van der Waals surface area contributed by atoms with Crippen LogP contribution in [0.5, 0.6) is 5.75 Å². The molecule has 0 bridgehead atoms. The molecule has 3 nitrogen and oxygen atoms in total. The zero-order valence-electron chi connectivity index (χ0n) is 14.1. The van der Waals surface area contributed by atoms with Crippen LogP contribution in [0.4, 0.5) is 5.69 Å². The number of benzene rings is 2. The number of ether oxygens (including phenoxy) is 1. The van der Waals surface area contributed by atoms with E-state index in [9.17, 15) is 4.79 Å². The fourth-order valence-corrected chi connectivity index (χ4v) is 2.15. The van der Waals surface area contributed by atoms with Gasteiger partial charge in [0.25, 0.3) is 0 Å². The zero-order valence-corrected chi connectivity index (χ0v) is 14.1. The van der Waals surface area contributed by atoms with E-state index in [1.165, 1.54) is 11.6 Å². The molecule has 0 saturated carbocycles. The lowest BCUT2D eigenvalue weighted by Crippen LogP contribution is -2.12. The number of hydrogen-bond acceptors (Lipinski definition) is 2. The largest absolute Gasteiger partial charge is 0.497 e. The summed E-state index contributed by atoms with van der Waals surface area (Å²) in [7, 11) is 1.62. The quantitative estimate of drug-likeness (QED) is 0.835. The van der Waals surface area contributed by atoms with E-state index in [1.54, 1.807) is 13.2 Å². The molecule has 3 heteroatoms. The number of carbonyl (C=O) groups excluding carboxylic acids is 1. The van der Waals surface area contributed by atoms with E-state index in [1.807, 2.05) is 48.5 Å². The second kappa shape index (κ2) is 7.14. The molecule has 0 saturated heterocycles. The lowest BCUT2D eigenvalue weighted by atomic mass is 9.87. The van der Waals surface area contributed by atoms with Crippen LogP contribution >= 0.6 is 0 Å². The molecule has 0 heterocycles. The molecule has 2 rings (SSSR count). The summed E-state index contributed by atoms with van der Waals surface area (Å²) in [4.78, 5) is 12.0. The summed E-state index contributed by atoms with van der Waals surface area (Å²) >= 11 is 0. The van der Waals surface area contributed by atoms with Gasteiger partial charge in [0, 0.05) is 11.8 Å². The van der Waals surface area contributed by atoms with E-state index in [-0.39, 0.29) is 11.3 Å². The van der Waals surface area contributed by atoms with Gasteiger partial charge in [-0.25, -0.2) is 0 Å². The Morgan fingerprint density at radius 3 is 2.39 bits per heavy atom. The Labute approximate surface area is 138 Å². The minimum Gasteiger partial charge on any atom is -0.497 e. The Morgan fingerprint density at radius 1 is 1.09 bits per heavy atom. The molecule has 0 atom stereocenters. The van der Waals surface area contributed by atoms with E-state index >= 15 is 0 Å². The Bertz CT molecular complexity index is 694. The van der Waals surface area contributed by atoms with Crippen molar-refractivity contribution in [2.75, 3.05) is 12.4 Å². The van der Waals surface area contributed by atoms with E-state index < -0.39 is 0 Å². The van der Waals surface area contributed by atoms with Crippen molar-refractivity contribution in [3.05, 3.63) is 65.7 Å². The lowest BCUT2D eigenvalue weighted by Gasteiger charge is -2.19. The van der Waals surface area contributed by atoms with E-state index in [4.69, 9.17) is 4.74 Å². The molecule has 0 aliphatic carbocycles. The van der Waals surface area contributed by atoms with Gasteiger partial charge in [-0.05, 0) is 46.9 Å². The number of amides is 1. The van der Waals surface area contributed by atoms with Gasteiger partial charge < -0.3 is 10.1 Å². The first-order valence-electron chi connectivity index (χ1n) is 7.62. The van der Waals surface area contributed by atoms with Crippen molar-refractivity contribution in [2.45, 2.75) is 26.2 Å². The third-order valence-corrected chi connectivity index (χ3v) is 3.54. The van der Waals surface area contributed by atoms with Gasteiger partial charge in [0.05, 0.1) is 7.11 Å². The molecule has 120 valence electrons. The summed E-state index contributed by atoms with van der Waals surface area (Å²) in [6.45, 7) is 6.49. The summed E-state index contributed by atoms with van der Waals surface area (Å²) < 4.78 is 5.16. The number of methoxy groups -OCH3 is 1. The average molecular weight is 309 g/mol. The average Bonchev–Trinajstić information content (AvgIpc) is 2.53. The minimum atomic E-state index is -0.156. The maximum absolute atomic E-state index is 12.0. The molecule has 1 amide bonds. The van der Waals surface area contributed by atoms with Gasteiger partial charge >= 0.3 is 0 Å². The van der Waals surface area contributed by atoms with Crippen LogP contribution in [0.25, 0.3) is 6.08 Å². The van der Waals surface area contributed by atoms with Crippen LogP contribution in [-0.4, -0.2) is 13.0 Å². The van der Waals surface area contributed by atoms with Crippen LogP contribution in [0.2, 0.25) is 0 Å². The molecule has 0 aliphatic heterocycles. The SMILES string of the molecule is COc1cccc(/C=C/C(=O)Nc2ccc(C(C)(C)C)cc2)c1. The smallest absolute Gasteiger partial charge is 0.248 e. The standard InChI is InChI=1S/C20H23NO2/c1-20(2,3)16-9-11-17(12-10-16)21-19(22)13-8-15-6-5-7-18(14-15)23-4/h5-14H,1-4H3,(H,21,22)/b13-8+. The summed E-state index contributed by atoms with van der Waals surface area (Å²) in [5, 5.41) is 2.86. The van der Waals surface area contributed by atoms with Gasteiger partial charge in [0.2, 0.25) is 5.91 Å². The minimum absolute atomic E-state index is 0.106. The molecule has 0 aromatic heterocycles. The maximum atomic E-state index is 12.0. The Balaban J connectivity index is 2.00. The third kappa shape index (κ3) is 4.99. The van der Waals surface area contributed by atoms with Crippen molar-refractivity contribution >= 4 is 17.7 Å². The van der Waals surface area contributed by atoms with Crippen molar-refractivity contribution < 1.29 is 9.53 Å². The van der Waals surface area contributed by atoms with Crippen LogP contribution in [0.3, 0.4) is 0 Å². The molecular weight excluding hydrogens is 286 g/mol. The topological polar surface area (TPSA) is 38.3 Å². The molecule has 23 heavy (non-hydrogen) atoms. The Morgan fingerprint density at radius 2 is 1.78 bits per heavy atom. The predicted molar refractivity (Wildman–Crippen MR) is 95.8 cm³/mol. The van der Waals surface area contributed by atoms with Crippen molar-refractivity contribution in [3.8, 4) is 5.75 Å². The van der Waals surface area contributed by atoms with Crippen LogP contribution in [-0.2, 0) is 10.2 Å². The highest BCUT2D eigenvalue weighted by Gasteiger charge is 2.12. The number of rotatable bonds is 4. The van der Waals surface area contributed by atoms with E-state index in [0.717, 1.165) is 17.0 Å². The van der Waals surface area contributed by atoms with Gasteiger partial charge in [0.1, 0.15) is 5.75 Å². The second-order valence-corrected chi connectivity index (χ2v) is 6.43. The van der Waals surface area contributed by atoms with Crippen molar-refractivity contribution in [3.63, 3.8) is 0 Å². The number of nitrogens with one attached hydrogen (secondary N) is 1. The Kier molecular flexibility index (Phi) is 5.22. The summed E-state index contributed by atoms with van der Waals surface area (Å²) in [5.74, 6) is 0.613. The van der Waals surface area contributed by atoms with Gasteiger partial charge in [-0.3, -0.25) is 4.79 Å². The molecular formula is C20H23NO2. The molecule has 0 radical (unpaired) electrons. The molecule has 0 unspecified atom stereocenters. The third-order valence-electron chi connectivity index (χ3n) is 3.54. The Hall–Kier alpha value is -2.55. The van der Waals surface area contributed by atoms with Crippen LogP contribution in [0.1, 0.15) is 31.9 Å². The molecule has 0 fully saturated rings. The van der Waals surface area contributed by atoms with Gasteiger partial charge in [-0.1, -0.05) is 45.0 Å². The molecule has 1 N–H and O–H groups in total.